The average Bonchev–Trinajstić information content (AvgIpc) is 3.31. The van der Waals surface area contributed by atoms with E-state index in [2.05, 4.69) is 99.8 Å². The van der Waals surface area contributed by atoms with E-state index < -0.39 is 0 Å². The van der Waals surface area contributed by atoms with Crippen molar-refractivity contribution in [2.75, 3.05) is 0 Å². The van der Waals surface area contributed by atoms with Crippen LogP contribution in [0.4, 0.5) is 0 Å². The normalized spacial score (nSPS) is 13.1. The quantitative estimate of drug-likeness (QED) is 0.230. The van der Waals surface area contributed by atoms with Crippen molar-refractivity contribution in [1.82, 2.24) is 9.97 Å². The third kappa shape index (κ3) is 3.57. The van der Waals surface area contributed by atoms with E-state index in [9.17, 15) is 0 Å². The smallest absolute Gasteiger partial charge is 0.142 e. The van der Waals surface area contributed by atoms with E-state index in [-0.39, 0.29) is 0 Å². The molecule has 7 rings (SSSR count). The molecule has 4 heteroatoms. The first kappa shape index (κ1) is 21.3. The first-order valence-electron chi connectivity index (χ1n) is 12.1. The Morgan fingerprint density at radius 1 is 0.722 bits per heavy atom. The van der Waals surface area contributed by atoms with Crippen molar-refractivity contribution in [3.63, 3.8) is 0 Å². The number of nitrogens with zero attached hydrogens (tertiary/aromatic N) is 2. The molecule has 36 heavy (non-hydrogen) atoms. The van der Waals surface area contributed by atoms with Gasteiger partial charge in [0.05, 0.1) is 11.2 Å². The monoisotopic (exact) mass is 528 g/mol. The Morgan fingerprint density at radius 2 is 1.56 bits per heavy atom. The maximum atomic E-state index is 6.42. The van der Waals surface area contributed by atoms with Crippen LogP contribution in [0.3, 0.4) is 0 Å². The highest BCUT2D eigenvalue weighted by molar-refractivity contribution is 9.11. The van der Waals surface area contributed by atoms with Crippen LogP contribution in [-0.2, 0) is 6.42 Å². The molecule has 0 amide bonds. The average molecular weight is 529 g/mol. The van der Waals surface area contributed by atoms with Gasteiger partial charge in [-0.2, -0.15) is 0 Å². The molecule has 3 nitrogen and oxygen atoms in total. The van der Waals surface area contributed by atoms with Gasteiger partial charge in [0.25, 0.3) is 0 Å². The highest BCUT2D eigenvalue weighted by Crippen LogP contribution is 2.40. The third-order valence-electron chi connectivity index (χ3n) is 6.89. The largest absolute Gasteiger partial charge is 0.460 e. The molecule has 0 atom stereocenters. The summed E-state index contributed by atoms with van der Waals surface area (Å²) in [6.07, 6.45) is 7.79. The van der Waals surface area contributed by atoms with Crippen LogP contribution < -0.4 is 0 Å². The zero-order valence-electron chi connectivity index (χ0n) is 19.4. The van der Waals surface area contributed by atoms with Gasteiger partial charge in [-0.3, -0.25) is 4.98 Å². The molecule has 0 spiro atoms. The van der Waals surface area contributed by atoms with E-state index >= 15 is 0 Å². The van der Waals surface area contributed by atoms with Gasteiger partial charge in [0.15, 0.2) is 0 Å². The van der Waals surface area contributed by atoms with Crippen molar-refractivity contribution in [2.45, 2.75) is 12.8 Å². The summed E-state index contributed by atoms with van der Waals surface area (Å²) in [6, 6.07) is 29.6. The summed E-state index contributed by atoms with van der Waals surface area (Å²) in [4.78, 5) is 9.37. The van der Waals surface area contributed by atoms with Crippen LogP contribution in [0.25, 0.3) is 61.5 Å². The van der Waals surface area contributed by atoms with Crippen LogP contribution in [0.1, 0.15) is 17.7 Å². The Morgan fingerprint density at radius 3 is 2.47 bits per heavy atom. The van der Waals surface area contributed by atoms with Crippen LogP contribution in [0.5, 0.6) is 0 Å². The van der Waals surface area contributed by atoms with Crippen molar-refractivity contribution in [1.29, 1.82) is 0 Å². The number of pyridine rings is 2. The third-order valence-corrected chi connectivity index (χ3v) is 7.51. The SMILES string of the molecule is BrC1=Cc2c(oc3c(-c4cccc(-c5cc(-c6ccccc6)c6cnccc6n5)c4)cccc23)CC1. The minimum Gasteiger partial charge on any atom is -0.460 e. The maximum absolute atomic E-state index is 6.42. The summed E-state index contributed by atoms with van der Waals surface area (Å²) in [5, 5.41) is 2.21. The van der Waals surface area contributed by atoms with Gasteiger partial charge in [0, 0.05) is 46.3 Å². The number of halogens is 1. The number of para-hydroxylation sites is 1. The second-order valence-electron chi connectivity index (χ2n) is 9.11. The second kappa shape index (κ2) is 8.58. The van der Waals surface area contributed by atoms with Gasteiger partial charge in [0.1, 0.15) is 11.3 Å². The minimum atomic E-state index is 0.915. The van der Waals surface area contributed by atoms with Crippen LogP contribution >= 0.6 is 15.9 Å². The molecule has 3 aromatic heterocycles. The summed E-state index contributed by atoms with van der Waals surface area (Å²) in [5.41, 5.74) is 9.58. The summed E-state index contributed by atoms with van der Waals surface area (Å²) >= 11 is 3.68. The Bertz CT molecular complexity index is 1800. The molecular formula is C32H21BrN2O. The second-order valence-corrected chi connectivity index (χ2v) is 10.1. The summed E-state index contributed by atoms with van der Waals surface area (Å²) < 4.78 is 7.64. The molecule has 3 heterocycles. The predicted octanol–water partition coefficient (Wildman–Crippen LogP) is 9.06. The molecule has 0 aliphatic heterocycles. The fraction of sp³-hybridized carbons (Fsp3) is 0.0625. The van der Waals surface area contributed by atoms with E-state index in [4.69, 9.17) is 9.40 Å². The molecule has 172 valence electrons. The lowest BCUT2D eigenvalue weighted by Crippen LogP contribution is -1.91. The molecule has 0 fully saturated rings. The molecule has 1 aliphatic carbocycles. The van der Waals surface area contributed by atoms with Gasteiger partial charge in [-0.05, 0) is 51.9 Å². The molecule has 0 radical (unpaired) electrons. The number of benzene rings is 3. The van der Waals surface area contributed by atoms with Gasteiger partial charge in [-0.15, -0.1) is 0 Å². The Balaban J connectivity index is 1.39. The summed E-state index contributed by atoms with van der Waals surface area (Å²) in [7, 11) is 0. The first-order chi connectivity index (χ1) is 17.7. The first-order valence-corrected chi connectivity index (χ1v) is 12.9. The number of allylic oxidation sites excluding steroid dienone is 1. The van der Waals surface area contributed by atoms with E-state index in [0.717, 1.165) is 74.0 Å². The van der Waals surface area contributed by atoms with E-state index in [1.54, 1.807) is 6.20 Å². The fourth-order valence-corrected chi connectivity index (χ4v) is 5.57. The Kier molecular flexibility index (Phi) is 5.07. The van der Waals surface area contributed by atoms with Crippen LogP contribution in [0, 0.1) is 0 Å². The number of fused-ring (bicyclic) bond motifs is 4. The number of hydrogen-bond donors (Lipinski definition) is 0. The van der Waals surface area contributed by atoms with Gasteiger partial charge in [-0.25, -0.2) is 4.98 Å². The predicted molar refractivity (Wildman–Crippen MR) is 151 cm³/mol. The van der Waals surface area contributed by atoms with Crippen LogP contribution in [-0.4, -0.2) is 9.97 Å². The molecule has 0 N–H and O–H groups in total. The highest BCUT2D eigenvalue weighted by Gasteiger charge is 2.20. The van der Waals surface area contributed by atoms with Crippen molar-refractivity contribution < 1.29 is 4.42 Å². The molecule has 0 unspecified atom stereocenters. The van der Waals surface area contributed by atoms with Crippen molar-refractivity contribution in [2.24, 2.45) is 0 Å². The van der Waals surface area contributed by atoms with Crippen molar-refractivity contribution in [3.8, 4) is 33.5 Å². The molecule has 0 saturated carbocycles. The van der Waals surface area contributed by atoms with Crippen molar-refractivity contribution in [3.05, 3.63) is 113 Å². The lowest BCUT2D eigenvalue weighted by atomic mass is 9.96. The number of rotatable bonds is 3. The molecule has 6 aromatic rings. The minimum absolute atomic E-state index is 0.915. The standard InChI is InChI=1S/C32H21BrN2O/c33-23-12-13-31-27(17-23)25-11-5-10-24(32(25)36-31)21-8-4-9-22(16-21)30-18-26(20-6-2-1-3-7-20)28-19-34-15-14-29(28)35-30/h1-11,14-19H,12-13H2. The number of aryl methyl sites for hydroxylation is 1. The van der Waals surface area contributed by atoms with Crippen molar-refractivity contribution >= 4 is 43.9 Å². The van der Waals surface area contributed by atoms with Crippen LogP contribution in [0.15, 0.2) is 106 Å². The zero-order valence-corrected chi connectivity index (χ0v) is 21.0. The lowest BCUT2D eigenvalue weighted by Gasteiger charge is -2.11. The number of furan rings is 1. The maximum Gasteiger partial charge on any atom is 0.142 e. The molecular weight excluding hydrogens is 508 g/mol. The highest BCUT2D eigenvalue weighted by atomic mass is 79.9. The Hall–Kier alpha value is -4.02. The topological polar surface area (TPSA) is 38.9 Å². The number of hydrogen-bond acceptors (Lipinski definition) is 3. The molecule has 0 saturated heterocycles. The Labute approximate surface area is 217 Å². The molecule has 3 aromatic carbocycles. The van der Waals surface area contributed by atoms with E-state index in [1.807, 2.05) is 18.3 Å². The summed E-state index contributed by atoms with van der Waals surface area (Å²) in [5.74, 6) is 1.06. The van der Waals surface area contributed by atoms with Gasteiger partial charge >= 0.3 is 0 Å². The van der Waals surface area contributed by atoms with E-state index in [1.165, 1.54) is 10.0 Å². The lowest BCUT2D eigenvalue weighted by molar-refractivity contribution is 0.546. The van der Waals surface area contributed by atoms with Gasteiger partial charge in [0.2, 0.25) is 0 Å². The zero-order chi connectivity index (χ0) is 24.1. The summed E-state index contributed by atoms with van der Waals surface area (Å²) in [6.45, 7) is 0. The number of aromatic nitrogens is 2. The fourth-order valence-electron chi connectivity index (χ4n) is 5.14. The molecule has 0 bridgehead atoms. The molecule has 1 aliphatic rings. The van der Waals surface area contributed by atoms with Gasteiger partial charge in [-0.1, -0.05) is 82.7 Å². The van der Waals surface area contributed by atoms with Crippen LogP contribution in [0.2, 0.25) is 0 Å². The van der Waals surface area contributed by atoms with E-state index in [0.29, 0.717) is 0 Å². The van der Waals surface area contributed by atoms with Gasteiger partial charge < -0.3 is 4.42 Å².